The minimum atomic E-state index is -0.208. The lowest BCUT2D eigenvalue weighted by molar-refractivity contribution is 0.628. The molecule has 0 saturated heterocycles. The van der Waals surface area contributed by atoms with Crippen molar-refractivity contribution in [3.63, 3.8) is 0 Å². The Bertz CT molecular complexity index is 787. The summed E-state index contributed by atoms with van der Waals surface area (Å²) in [6.45, 7) is 4.12. The fourth-order valence-corrected chi connectivity index (χ4v) is 3.68. The number of nitrogen functional groups attached to an aromatic ring is 1. The van der Waals surface area contributed by atoms with Gasteiger partial charge in [-0.1, -0.05) is 24.3 Å². The molecule has 0 unspecified atom stereocenters. The van der Waals surface area contributed by atoms with Crippen molar-refractivity contribution in [1.82, 2.24) is 0 Å². The first kappa shape index (κ1) is 13.8. The quantitative estimate of drug-likeness (QED) is 0.628. The van der Waals surface area contributed by atoms with Gasteiger partial charge in [0.15, 0.2) is 0 Å². The van der Waals surface area contributed by atoms with E-state index < -0.39 is 0 Å². The Morgan fingerprint density at radius 2 is 1.71 bits per heavy atom. The van der Waals surface area contributed by atoms with Crippen LogP contribution in [0.25, 0.3) is 20.9 Å². The normalized spacial score (nSPS) is 10.8. The number of nitrogens with two attached hydrogens (primary N) is 1. The Morgan fingerprint density at radius 1 is 1.00 bits per heavy atom. The van der Waals surface area contributed by atoms with E-state index in [1.54, 1.807) is 11.3 Å². The Balaban J connectivity index is 2.09. The summed E-state index contributed by atoms with van der Waals surface area (Å²) >= 11 is 1.72. The monoisotopic (exact) mass is 297 g/mol. The molecule has 21 heavy (non-hydrogen) atoms. The van der Waals surface area contributed by atoms with Crippen LogP contribution in [0.1, 0.15) is 11.1 Å². The highest BCUT2D eigenvalue weighted by molar-refractivity contribution is 7.19. The largest absolute Gasteiger partial charge is 0.398 e. The van der Waals surface area contributed by atoms with Gasteiger partial charge < -0.3 is 5.73 Å². The van der Waals surface area contributed by atoms with E-state index in [0.717, 1.165) is 22.4 Å². The number of rotatable bonds is 2. The van der Waals surface area contributed by atoms with Crippen LogP contribution >= 0.6 is 11.3 Å². The second-order valence-electron chi connectivity index (χ2n) is 5.15. The van der Waals surface area contributed by atoms with Gasteiger partial charge in [-0.3, -0.25) is 0 Å². The maximum Gasteiger partial charge on any atom is 0.123 e. The fraction of sp³-hybridized carbons (Fsp3) is 0.111. The van der Waals surface area contributed by atoms with Gasteiger partial charge >= 0.3 is 0 Å². The number of anilines is 1. The summed E-state index contributed by atoms with van der Waals surface area (Å²) in [5.74, 6) is -0.208. The third kappa shape index (κ3) is 2.57. The highest BCUT2D eigenvalue weighted by atomic mass is 32.1. The van der Waals surface area contributed by atoms with Crippen LogP contribution in [0.4, 0.5) is 10.1 Å². The minimum absolute atomic E-state index is 0.208. The molecule has 0 saturated carbocycles. The molecule has 106 valence electrons. The van der Waals surface area contributed by atoms with Gasteiger partial charge in [-0.2, -0.15) is 0 Å². The Kier molecular flexibility index (Phi) is 3.52. The molecule has 0 atom stereocenters. The Hall–Kier alpha value is -2.13. The zero-order chi connectivity index (χ0) is 15.0. The fourth-order valence-electron chi connectivity index (χ4n) is 2.42. The van der Waals surface area contributed by atoms with Crippen molar-refractivity contribution in [1.29, 1.82) is 0 Å². The molecule has 3 heteroatoms. The Labute approximate surface area is 127 Å². The molecule has 0 aliphatic carbocycles. The number of hydrogen-bond donors (Lipinski definition) is 1. The lowest BCUT2D eigenvalue weighted by atomic mass is 10.0. The van der Waals surface area contributed by atoms with E-state index in [-0.39, 0.29) is 5.82 Å². The first-order chi connectivity index (χ1) is 10.1. The molecule has 0 radical (unpaired) electrons. The van der Waals surface area contributed by atoms with Gasteiger partial charge in [0.05, 0.1) is 0 Å². The molecule has 3 aromatic rings. The molecule has 0 amide bonds. The molecule has 0 fully saturated rings. The molecule has 2 aromatic carbocycles. The van der Waals surface area contributed by atoms with Crippen LogP contribution in [-0.2, 0) is 0 Å². The number of benzene rings is 2. The van der Waals surface area contributed by atoms with Crippen LogP contribution in [0, 0.1) is 19.7 Å². The lowest BCUT2D eigenvalue weighted by Gasteiger charge is -2.05. The van der Waals surface area contributed by atoms with Gasteiger partial charge in [0.2, 0.25) is 0 Å². The summed E-state index contributed by atoms with van der Waals surface area (Å²) < 4.78 is 13.1. The summed E-state index contributed by atoms with van der Waals surface area (Å²) in [6.07, 6.45) is 0. The summed E-state index contributed by atoms with van der Waals surface area (Å²) in [5.41, 5.74) is 11.3. The van der Waals surface area contributed by atoms with Gasteiger partial charge in [0, 0.05) is 15.4 Å². The standard InChI is InChI=1S/C18H16FNS/c1-11-10-17(15-4-3-5-16(20)12(15)2)21-18(11)13-6-8-14(19)9-7-13/h3-10H,20H2,1-2H3. The zero-order valence-corrected chi connectivity index (χ0v) is 12.8. The molecule has 3 rings (SSSR count). The van der Waals surface area contributed by atoms with Gasteiger partial charge in [-0.25, -0.2) is 4.39 Å². The van der Waals surface area contributed by atoms with Crippen LogP contribution in [0.2, 0.25) is 0 Å². The van der Waals surface area contributed by atoms with Crippen molar-refractivity contribution in [2.24, 2.45) is 0 Å². The van der Waals surface area contributed by atoms with Crippen molar-refractivity contribution < 1.29 is 4.39 Å². The Morgan fingerprint density at radius 3 is 2.43 bits per heavy atom. The zero-order valence-electron chi connectivity index (χ0n) is 12.0. The molecule has 0 bridgehead atoms. The van der Waals surface area contributed by atoms with E-state index in [1.165, 1.54) is 27.5 Å². The van der Waals surface area contributed by atoms with Gasteiger partial charge in [0.25, 0.3) is 0 Å². The van der Waals surface area contributed by atoms with Gasteiger partial charge in [-0.15, -0.1) is 11.3 Å². The first-order valence-corrected chi connectivity index (χ1v) is 7.60. The first-order valence-electron chi connectivity index (χ1n) is 6.78. The van der Waals surface area contributed by atoms with Crippen molar-refractivity contribution in [3.05, 3.63) is 65.5 Å². The highest BCUT2D eigenvalue weighted by Gasteiger charge is 2.12. The number of thiophene rings is 1. The minimum Gasteiger partial charge on any atom is -0.398 e. The maximum atomic E-state index is 13.1. The van der Waals surface area contributed by atoms with Crippen LogP contribution in [0.15, 0.2) is 48.5 Å². The summed E-state index contributed by atoms with van der Waals surface area (Å²) in [4.78, 5) is 2.36. The predicted octanol–water partition coefficient (Wildman–Crippen LogP) is 5.42. The van der Waals surface area contributed by atoms with E-state index >= 15 is 0 Å². The maximum absolute atomic E-state index is 13.1. The van der Waals surface area contributed by atoms with Gasteiger partial charge in [0.1, 0.15) is 5.82 Å². The lowest BCUT2D eigenvalue weighted by Crippen LogP contribution is -1.90. The van der Waals surface area contributed by atoms with E-state index in [2.05, 4.69) is 19.1 Å². The molecule has 1 nitrogen and oxygen atoms in total. The smallest absolute Gasteiger partial charge is 0.123 e. The highest BCUT2D eigenvalue weighted by Crippen LogP contribution is 2.39. The second-order valence-corrected chi connectivity index (χ2v) is 6.20. The average molecular weight is 297 g/mol. The molecular weight excluding hydrogens is 281 g/mol. The van der Waals surface area contributed by atoms with Crippen LogP contribution in [-0.4, -0.2) is 0 Å². The molecule has 0 aliphatic heterocycles. The molecule has 2 N–H and O–H groups in total. The third-order valence-electron chi connectivity index (χ3n) is 3.67. The predicted molar refractivity (Wildman–Crippen MR) is 89.0 cm³/mol. The average Bonchev–Trinajstić information content (AvgIpc) is 2.84. The van der Waals surface area contributed by atoms with E-state index in [1.807, 2.05) is 31.2 Å². The molecular formula is C18H16FNS. The summed E-state index contributed by atoms with van der Waals surface area (Å²) in [5, 5.41) is 0. The number of halogens is 1. The second kappa shape index (κ2) is 5.34. The van der Waals surface area contributed by atoms with Crippen LogP contribution in [0.3, 0.4) is 0 Å². The van der Waals surface area contributed by atoms with Crippen molar-refractivity contribution in [3.8, 4) is 20.9 Å². The van der Waals surface area contributed by atoms with Crippen LogP contribution < -0.4 is 5.73 Å². The number of hydrogen-bond acceptors (Lipinski definition) is 2. The molecule has 1 heterocycles. The summed E-state index contributed by atoms with van der Waals surface area (Å²) in [7, 11) is 0. The van der Waals surface area contributed by atoms with E-state index in [4.69, 9.17) is 5.73 Å². The van der Waals surface area contributed by atoms with E-state index in [0.29, 0.717) is 0 Å². The van der Waals surface area contributed by atoms with Crippen molar-refractivity contribution in [2.75, 3.05) is 5.73 Å². The van der Waals surface area contributed by atoms with Crippen molar-refractivity contribution in [2.45, 2.75) is 13.8 Å². The number of aryl methyl sites for hydroxylation is 1. The molecule has 0 aliphatic rings. The van der Waals surface area contributed by atoms with E-state index in [9.17, 15) is 4.39 Å². The van der Waals surface area contributed by atoms with Crippen molar-refractivity contribution >= 4 is 17.0 Å². The summed E-state index contributed by atoms with van der Waals surface area (Å²) in [6, 6.07) is 14.8. The molecule has 0 spiro atoms. The van der Waals surface area contributed by atoms with Gasteiger partial charge in [-0.05, 0) is 60.4 Å². The topological polar surface area (TPSA) is 26.0 Å². The van der Waals surface area contributed by atoms with Crippen LogP contribution in [0.5, 0.6) is 0 Å². The third-order valence-corrected chi connectivity index (χ3v) is 4.98. The SMILES string of the molecule is Cc1cc(-c2cccc(N)c2C)sc1-c1ccc(F)cc1. The molecule has 1 aromatic heterocycles.